The number of pyridine rings is 1. The summed E-state index contributed by atoms with van der Waals surface area (Å²) in [5.41, 5.74) is 5.24. The van der Waals surface area contributed by atoms with Crippen molar-refractivity contribution in [3.63, 3.8) is 0 Å². The summed E-state index contributed by atoms with van der Waals surface area (Å²) in [6.07, 6.45) is 8.24. The monoisotopic (exact) mass is 964 g/mol. The van der Waals surface area contributed by atoms with Crippen molar-refractivity contribution in [3.05, 3.63) is 129 Å². The second-order valence-corrected chi connectivity index (χ2v) is 20.4. The molecule has 2 atom stereocenters. The van der Waals surface area contributed by atoms with Gasteiger partial charge >= 0.3 is 6.09 Å². The number of morpholine rings is 1. The van der Waals surface area contributed by atoms with Gasteiger partial charge in [-0.05, 0) is 123 Å². The maximum Gasteiger partial charge on any atom is 0.410 e. The summed E-state index contributed by atoms with van der Waals surface area (Å²) in [5, 5.41) is 16.9. The summed E-state index contributed by atoms with van der Waals surface area (Å²) in [7, 11) is 0. The Balaban J connectivity index is 1.04. The standard InChI is InChI=1S/C50H56ClN7O9S/c1-49(2,3)67-48(60)56-22-23-65-40(31-56)29-53-43-13-11-38(26-44(43)58(61)62)57(68(63)64)47(59)41-12-8-34(25-45(41)66-39-24-35-15-19-52-46(35)54-28-39)32-16-20-55(21-17-32)30-36-14-18-50(4,5)27-42(36)33-6-9-37(51)10-7-33/h6-13,15-16,19,24-26,28,40,53H,14,17-18,20-23,27,29-31H2,1-5H3,(H,52,54)(H,63,64)/p-1. The normalized spacial score (nSPS) is 18.2. The molecule has 1 aliphatic carbocycles. The first-order chi connectivity index (χ1) is 32.4. The van der Waals surface area contributed by atoms with E-state index in [9.17, 15) is 28.5 Å². The highest BCUT2D eigenvalue weighted by molar-refractivity contribution is 7.81. The molecule has 1 saturated heterocycles. The van der Waals surface area contributed by atoms with Crippen LogP contribution in [-0.2, 0) is 20.7 Å². The molecule has 18 heteroatoms. The van der Waals surface area contributed by atoms with Gasteiger partial charge < -0.3 is 34.0 Å². The lowest BCUT2D eigenvalue weighted by Gasteiger charge is -2.36. The third-order valence-electron chi connectivity index (χ3n) is 12.3. The molecule has 8 rings (SSSR count). The first-order valence-corrected chi connectivity index (χ1v) is 24.0. The van der Waals surface area contributed by atoms with Crippen LogP contribution in [-0.4, -0.2) is 103 Å². The zero-order valence-corrected chi connectivity index (χ0v) is 40.3. The number of amides is 2. The number of rotatable bonds is 13. The number of aromatic nitrogens is 2. The van der Waals surface area contributed by atoms with Crippen molar-refractivity contribution in [3.8, 4) is 11.5 Å². The molecular weight excluding hydrogens is 910 g/mol. The number of hydrogen-bond donors (Lipinski definition) is 2. The van der Waals surface area contributed by atoms with Crippen LogP contribution in [0.25, 0.3) is 22.2 Å². The third-order valence-corrected chi connectivity index (χ3v) is 13.3. The van der Waals surface area contributed by atoms with Crippen LogP contribution >= 0.6 is 11.6 Å². The number of hydrogen-bond acceptors (Lipinski definition) is 12. The van der Waals surface area contributed by atoms with Gasteiger partial charge in [-0.1, -0.05) is 55.3 Å². The number of allylic oxidation sites excluding steroid dienone is 1. The predicted octanol–water partition coefficient (Wildman–Crippen LogP) is 10.2. The number of aromatic amines is 1. The van der Waals surface area contributed by atoms with Crippen molar-refractivity contribution in [2.45, 2.75) is 72.0 Å². The van der Waals surface area contributed by atoms with Crippen LogP contribution in [0.4, 0.5) is 21.9 Å². The molecule has 3 aliphatic rings. The SMILES string of the molecule is CC1(C)CCC(CN2CC=C(c3ccc(C(=O)N(c4ccc(NCC5CN(C(=O)OC(C)(C)C)CCO5)c([N+](=O)[O-])c4)S(=O)[O-])c(Oc4cnc5[nH]ccc5c4)c3)CC2)=C(c2ccc(Cl)cc2)C1. The van der Waals surface area contributed by atoms with E-state index in [0.29, 0.717) is 40.2 Å². The Hall–Kier alpha value is -6.11. The van der Waals surface area contributed by atoms with E-state index >= 15 is 0 Å². The van der Waals surface area contributed by atoms with Crippen LogP contribution in [0.5, 0.6) is 11.5 Å². The molecule has 2 aliphatic heterocycles. The highest BCUT2D eigenvalue weighted by Gasteiger charge is 2.32. The average molecular weight is 966 g/mol. The fraction of sp³-hybridized carbons (Fsp3) is 0.380. The van der Waals surface area contributed by atoms with E-state index in [1.165, 1.54) is 46.0 Å². The molecule has 358 valence electrons. The van der Waals surface area contributed by atoms with Gasteiger partial charge in [-0.25, -0.2) is 14.1 Å². The van der Waals surface area contributed by atoms with Gasteiger partial charge in [-0.3, -0.25) is 24.0 Å². The Bertz CT molecular complexity index is 2800. The molecule has 0 radical (unpaired) electrons. The number of carbonyl (C=O) groups excluding carboxylic acids is 2. The Morgan fingerprint density at radius 2 is 1.84 bits per heavy atom. The zero-order chi connectivity index (χ0) is 48.3. The quantitative estimate of drug-likeness (QED) is 0.0645. The van der Waals surface area contributed by atoms with Gasteiger partial charge in [0, 0.05) is 55.4 Å². The Labute approximate surface area is 402 Å². The van der Waals surface area contributed by atoms with Crippen molar-refractivity contribution in [1.82, 2.24) is 19.8 Å². The molecular formula is C50H55ClN7O9S-. The smallest absolute Gasteiger partial charge is 0.410 e. The molecule has 2 unspecified atom stereocenters. The summed E-state index contributed by atoms with van der Waals surface area (Å²) < 4.78 is 44.1. The number of ether oxygens (including phenoxy) is 3. The maximum absolute atomic E-state index is 14.5. The number of fused-ring (bicyclic) bond motifs is 1. The van der Waals surface area contributed by atoms with Crippen molar-refractivity contribution >= 4 is 74.1 Å². The lowest BCUT2D eigenvalue weighted by molar-refractivity contribution is -0.383. The summed E-state index contributed by atoms with van der Waals surface area (Å²) in [4.78, 5) is 50.4. The molecule has 3 aromatic carbocycles. The summed E-state index contributed by atoms with van der Waals surface area (Å²) in [6, 6.07) is 20.4. The highest BCUT2D eigenvalue weighted by atomic mass is 35.5. The van der Waals surface area contributed by atoms with Gasteiger partial charge in [-0.2, -0.15) is 0 Å². The first kappa shape index (κ1) is 48.4. The van der Waals surface area contributed by atoms with Crippen molar-refractivity contribution in [1.29, 1.82) is 0 Å². The number of carbonyl (C=O) groups is 2. The average Bonchev–Trinajstić information content (AvgIpc) is 3.77. The number of halogens is 1. The number of nitro benzene ring substituents is 1. The van der Waals surface area contributed by atoms with Gasteiger partial charge in [0.1, 0.15) is 28.4 Å². The molecule has 2 N–H and O–H groups in total. The van der Waals surface area contributed by atoms with Crippen LogP contribution in [0.1, 0.15) is 81.8 Å². The predicted molar refractivity (Wildman–Crippen MR) is 263 cm³/mol. The Morgan fingerprint density at radius 3 is 2.56 bits per heavy atom. The van der Waals surface area contributed by atoms with E-state index in [4.69, 9.17) is 25.8 Å². The fourth-order valence-electron chi connectivity index (χ4n) is 8.82. The van der Waals surface area contributed by atoms with Crippen molar-refractivity contribution < 1.29 is 37.5 Å². The van der Waals surface area contributed by atoms with E-state index in [0.717, 1.165) is 54.9 Å². The van der Waals surface area contributed by atoms with E-state index in [-0.39, 0.29) is 47.8 Å². The lowest BCUT2D eigenvalue weighted by Crippen LogP contribution is -2.49. The number of nitro groups is 1. The number of H-pyrrole nitrogens is 1. The molecule has 68 heavy (non-hydrogen) atoms. The summed E-state index contributed by atoms with van der Waals surface area (Å²) in [6.45, 7) is 13.1. The van der Waals surface area contributed by atoms with E-state index in [1.807, 2.05) is 18.2 Å². The van der Waals surface area contributed by atoms with Crippen LogP contribution in [0.15, 0.2) is 96.8 Å². The fourth-order valence-corrected chi connectivity index (χ4v) is 9.47. The van der Waals surface area contributed by atoms with Crippen molar-refractivity contribution in [2.75, 3.05) is 55.5 Å². The minimum atomic E-state index is -3.22. The Morgan fingerprint density at radius 1 is 1.06 bits per heavy atom. The third kappa shape index (κ3) is 11.6. The number of nitrogens with one attached hydrogen (secondary N) is 2. The van der Waals surface area contributed by atoms with Crippen LogP contribution < -0.4 is 14.4 Å². The van der Waals surface area contributed by atoms with Gasteiger partial charge in [0.25, 0.3) is 11.6 Å². The molecule has 2 aromatic heterocycles. The molecule has 16 nitrogen and oxygen atoms in total. The second kappa shape index (κ2) is 20.2. The van der Waals surface area contributed by atoms with E-state index < -0.39 is 45.6 Å². The van der Waals surface area contributed by atoms with E-state index in [2.05, 4.69) is 52.2 Å². The lowest BCUT2D eigenvalue weighted by atomic mass is 9.72. The topological polar surface area (TPSA) is 196 Å². The minimum absolute atomic E-state index is 0.0579. The zero-order valence-electron chi connectivity index (χ0n) is 38.7. The van der Waals surface area contributed by atoms with Crippen LogP contribution in [0.2, 0.25) is 5.02 Å². The minimum Gasteiger partial charge on any atom is -0.755 e. The number of nitrogens with zero attached hydrogens (tertiary/aromatic N) is 5. The van der Waals surface area contributed by atoms with Gasteiger partial charge in [0.15, 0.2) is 0 Å². The number of anilines is 2. The van der Waals surface area contributed by atoms with Gasteiger partial charge in [0.2, 0.25) is 0 Å². The molecule has 5 aromatic rings. The first-order valence-electron chi connectivity index (χ1n) is 22.6. The molecule has 0 saturated carbocycles. The maximum atomic E-state index is 14.5. The van der Waals surface area contributed by atoms with E-state index in [1.54, 1.807) is 45.2 Å². The summed E-state index contributed by atoms with van der Waals surface area (Å²) >= 11 is 3.03. The van der Waals surface area contributed by atoms with Crippen molar-refractivity contribution in [2.24, 2.45) is 5.41 Å². The van der Waals surface area contributed by atoms with Crippen LogP contribution in [0, 0.1) is 15.5 Å². The Kier molecular flexibility index (Phi) is 14.4. The highest BCUT2D eigenvalue weighted by Crippen LogP contribution is 2.44. The second-order valence-electron chi connectivity index (χ2n) is 19.1. The molecule has 2 amide bonds. The summed E-state index contributed by atoms with van der Waals surface area (Å²) in [5.74, 6) is -0.608. The molecule has 0 bridgehead atoms. The van der Waals surface area contributed by atoms with Gasteiger partial charge in [0.05, 0.1) is 52.9 Å². The molecule has 4 heterocycles. The molecule has 1 fully saturated rings. The van der Waals surface area contributed by atoms with Gasteiger partial charge in [-0.15, -0.1) is 0 Å². The largest absolute Gasteiger partial charge is 0.755 e. The number of benzene rings is 3. The molecule has 0 spiro atoms. The van der Waals surface area contributed by atoms with Crippen LogP contribution in [0.3, 0.4) is 0 Å².